The molecule has 0 saturated heterocycles. The molecule has 0 fully saturated rings. The number of aromatic nitrogens is 3. The van der Waals surface area contributed by atoms with Crippen molar-refractivity contribution >= 4 is 57.3 Å². The Hall–Kier alpha value is -2.95. The Balaban J connectivity index is 1.55. The molecular formula is C20H16N4O3S3. The van der Waals surface area contributed by atoms with Crippen LogP contribution in [0.5, 0.6) is 5.75 Å². The first kappa shape index (κ1) is 20.3. The molecule has 2 aromatic carbocycles. The standard InChI is InChI=1S/C20H16N4O3S3/c1-27-14-9-7-12(8-10-14)21-15(25)11-29-19-22-17-16(18(26)23-19)30-20(28)24(17)13-5-3-2-4-6-13/h2-10H,11H2,1H3,(H,21,25)(H,22,23,26). The number of hydrogen-bond acceptors (Lipinski definition) is 7. The number of H-pyrrole nitrogens is 1. The first-order chi connectivity index (χ1) is 14.5. The Morgan fingerprint density at radius 2 is 1.97 bits per heavy atom. The lowest BCUT2D eigenvalue weighted by molar-refractivity contribution is -0.113. The molecule has 30 heavy (non-hydrogen) atoms. The molecule has 7 nitrogen and oxygen atoms in total. The monoisotopic (exact) mass is 456 g/mol. The van der Waals surface area contributed by atoms with E-state index in [1.807, 2.05) is 30.3 Å². The Labute approximate surface area is 184 Å². The van der Waals surface area contributed by atoms with Crippen LogP contribution in [0.15, 0.2) is 64.5 Å². The van der Waals surface area contributed by atoms with Crippen molar-refractivity contribution in [2.45, 2.75) is 5.16 Å². The van der Waals surface area contributed by atoms with E-state index in [1.54, 1.807) is 35.9 Å². The van der Waals surface area contributed by atoms with Gasteiger partial charge in [0.1, 0.15) is 10.4 Å². The minimum atomic E-state index is -0.274. The van der Waals surface area contributed by atoms with E-state index in [0.717, 1.165) is 17.4 Å². The molecule has 4 aromatic rings. The molecule has 1 amide bonds. The van der Waals surface area contributed by atoms with Crippen molar-refractivity contribution in [2.75, 3.05) is 18.2 Å². The summed E-state index contributed by atoms with van der Waals surface area (Å²) in [6.07, 6.45) is 0. The number of para-hydroxylation sites is 1. The topological polar surface area (TPSA) is 89.0 Å². The Morgan fingerprint density at radius 3 is 2.67 bits per heavy atom. The molecule has 0 atom stereocenters. The third kappa shape index (κ3) is 4.30. The number of thiazole rings is 1. The van der Waals surface area contributed by atoms with Gasteiger partial charge in [0.05, 0.1) is 12.9 Å². The summed E-state index contributed by atoms with van der Waals surface area (Å²) < 4.78 is 7.86. The highest BCUT2D eigenvalue weighted by atomic mass is 32.2. The number of thioether (sulfide) groups is 1. The molecule has 10 heteroatoms. The van der Waals surface area contributed by atoms with E-state index >= 15 is 0 Å². The molecule has 0 aliphatic heterocycles. The van der Waals surface area contributed by atoms with Gasteiger partial charge in [0.25, 0.3) is 5.56 Å². The number of ether oxygens (including phenoxy) is 1. The van der Waals surface area contributed by atoms with Crippen LogP contribution in [-0.2, 0) is 4.79 Å². The van der Waals surface area contributed by atoms with Crippen LogP contribution < -0.4 is 15.6 Å². The van der Waals surface area contributed by atoms with Crippen LogP contribution in [0.25, 0.3) is 16.0 Å². The van der Waals surface area contributed by atoms with E-state index < -0.39 is 0 Å². The SMILES string of the molecule is COc1ccc(NC(=O)CSc2nc3c(sc(=S)n3-c3ccccc3)c(=O)[nH]2)cc1. The van der Waals surface area contributed by atoms with Gasteiger partial charge in [-0.1, -0.05) is 41.3 Å². The molecule has 0 saturated carbocycles. The number of amides is 1. The quantitative estimate of drug-likeness (QED) is 0.256. The number of benzene rings is 2. The maximum Gasteiger partial charge on any atom is 0.271 e. The first-order valence-corrected chi connectivity index (χ1v) is 11.0. The van der Waals surface area contributed by atoms with E-state index in [0.29, 0.717) is 30.9 Å². The van der Waals surface area contributed by atoms with Crippen molar-refractivity contribution in [1.29, 1.82) is 0 Å². The summed E-state index contributed by atoms with van der Waals surface area (Å²) >= 11 is 7.81. The molecule has 0 aliphatic carbocycles. The molecule has 0 unspecified atom stereocenters. The van der Waals surface area contributed by atoms with Crippen LogP contribution in [0, 0.1) is 3.95 Å². The van der Waals surface area contributed by atoms with Crippen LogP contribution in [0.4, 0.5) is 5.69 Å². The third-order valence-electron chi connectivity index (χ3n) is 4.15. The molecule has 0 radical (unpaired) electrons. The van der Waals surface area contributed by atoms with Gasteiger partial charge < -0.3 is 15.0 Å². The Bertz CT molecular complexity index is 1310. The fraction of sp³-hybridized carbons (Fsp3) is 0.100. The summed E-state index contributed by atoms with van der Waals surface area (Å²) in [7, 11) is 1.58. The lowest BCUT2D eigenvalue weighted by Crippen LogP contribution is -2.15. The van der Waals surface area contributed by atoms with Crippen molar-refractivity contribution in [3.63, 3.8) is 0 Å². The van der Waals surface area contributed by atoms with Crippen LogP contribution >= 0.6 is 35.3 Å². The van der Waals surface area contributed by atoms with Gasteiger partial charge in [-0.2, -0.15) is 0 Å². The van der Waals surface area contributed by atoms with Crippen molar-refractivity contribution in [3.8, 4) is 11.4 Å². The number of fused-ring (bicyclic) bond motifs is 1. The summed E-state index contributed by atoms with van der Waals surface area (Å²) in [6.45, 7) is 0. The second-order valence-electron chi connectivity index (χ2n) is 6.13. The van der Waals surface area contributed by atoms with E-state index in [4.69, 9.17) is 17.0 Å². The number of carbonyl (C=O) groups is 1. The smallest absolute Gasteiger partial charge is 0.271 e. The zero-order chi connectivity index (χ0) is 21.1. The molecule has 0 aliphatic rings. The van der Waals surface area contributed by atoms with Gasteiger partial charge in [-0.25, -0.2) is 4.98 Å². The van der Waals surface area contributed by atoms with Gasteiger partial charge in [-0.15, -0.1) is 0 Å². The molecule has 0 spiro atoms. The highest BCUT2D eigenvalue weighted by molar-refractivity contribution is 7.99. The molecule has 0 bridgehead atoms. The molecule has 2 N–H and O–H groups in total. The molecule has 152 valence electrons. The second-order valence-corrected chi connectivity index (χ2v) is 8.74. The maximum atomic E-state index is 12.5. The van der Waals surface area contributed by atoms with E-state index in [2.05, 4.69) is 15.3 Å². The lowest BCUT2D eigenvalue weighted by Gasteiger charge is -2.07. The van der Waals surface area contributed by atoms with E-state index in [-0.39, 0.29) is 17.2 Å². The van der Waals surface area contributed by atoms with Crippen molar-refractivity contribution < 1.29 is 9.53 Å². The summed E-state index contributed by atoms with van der Waals surface area (Å²) in [6, 6.07) is 16.5. The van der Waals surface area contributed by atoms with Crippen molar-refractivity contribution in [2.24, 2.45) is 0 Å². The number of aromatic amines is 1. The summed E-state index contributed by atoms with van der Waals surface area (Å²) in [5.41, 5.74) is 1.70. The molecular weight excluding hydrogens is 440 g/mol. The fourth-order valence-electron chi connectivity index (χ4n) is 2.77. The third-order valence-corrected chi connectivity index (χ3v) is 6.38. The number of nitrogens with zero attached hydrogens (tertiary/aromatic N) is 2. The number of nitrogens with one attached hydrogen (secondary N) is 2. The summed E-state index contributed by atoms with van der Waals surface area (Å²) in [5, 5.41) is 3.16. The average Bonchev–Trinajstić information content (AvgIpc) is 3.10. The predicted octanol–water partition coefficient (Wildman–Crippen LogP) is 4.24. The van der Waals surface area contributed by atoms with Crippen molar-refractivity contribution in [1.82, 2.24) is 14.5 Å². The van der Waals surface area contributed by atoms with Crippen LogP contribution in [-0.4, -0.2) is 33.3 Å². The number of anilines is 1. The van der Waals surface area contributed by atoms with Gasteiger partial charge in [0.2, 0.25) is 5.91 Å². The minimum absolute atomic E-state index is 0.0939. The fourth-order valence-corrected chi connectivity index (χ4v) is 4.70. The zero-order valence-corrected chi connectivity index (χ0v) is 18.2. The van der Waals surface area contributed by atoms with Crippen LogP contribution in [0.2, 0.25) is 0 Å². The van der Waals surface area contributed by atoms with Gasteiger partial charge in [0.15, 0.2) is 14.8 Å². The van der Waals surface area contributed by atoms with Crippen molar-refractivity contribution in [3.05, 3.63) is 68.9 Å². The molecule has 2 aromatic heterocycles. The number of carbonyl (C=O) groups excluding carboxylic acids is 1. The predicted molar refractivity (Wildman–Crippen MR) is 123 cm³/mol. The average molecular weight is 457 g/mol. The van der Waals surface area contributed by atoms with Gasteiger partial charge in [-0.05, 0) is 48.6 Å². The number of hydrogen-bond donors (Lipinski definition) is 2. The Kier molecular flexibility index (Phi) is 5.98. The van der Waals surface area contributed by atoms with E-state index in [9.17, 15) is 9.59 Å². The molecule has 4 rings (SSSR count). The minimum Gasteiger partial charge on any atom is -0.497 e. The first-order valence-electron chi connectivity index (χ1n) is 8.83. The van der Waals surface area contributed by atoms with Gasteiger partial charge >= 0.3 is 0 Å². The number of methoxy groups -OCH3 is 1. The van der Waals surface area contributed by atoms with Crippen LogP contribution in [0.3, 0.4) is 0 Å². The van der Waals surface area contributed by atoms with Crippen LogP contribution in [0.1, 0.15) is 0 Å². The van der Waals surface area contributed by atoms with E-state index in [1.165, 1.54) is 11.3 Å². The largest absolute Gasteiger partial charge is 0.497 e. The summed E-state index contributed by atoms with van der Waals surface area (Å²) in [4.78, 5) is 32.1. The maximum absolute atomic E-state index is 12.5. The lowest BCUT2D eigenvalue weighted by atomic mass is 10.3. The summed E-state index contributed by atoms with van der Waals surface area (Å²) in [5.74, 6) is 0.593. The second kappa shape index (κ2) is 8.82. The highest BCUT2D eigenvalue weighted by Gasteiger charge is 2.14. The highest BCUT2D eigenvalue weighted by Crippen LogP contribution is 2.24. The normalized spacial score (nSPS) is 10.8. The zero-order valence-electron chi connectivity index (χ0n) is 15.7. The van der Waals surface area contributed by atoms with Gasteiger partial charge in [-0.3, -0.25) is 14.2 Å². The Morgan fingerprint density at radius 1 is 1.23 bits per heavy atom. The number of rotatable bonds is 6. The van der Waals surface area contributed by atoms with Gasteiger partial charge in [0, 0.05) is 11.4 Å². The molecule has 2 heterocycles.